The summed E-state index contributed by atoms with van der Waals surface area (Å²) in [5.74, 6) is 0.596. The molecule has 0 radical (unpaired) electrons. The Morgan fingerprint density at radius 3 is 2.31 bits per heavy atom. The molecule has 1 saturated heterocycles. The highest BCUT2D eigenvalue weighted by Crippen LogP contribution is 2.33. The zero-order valence-electron chi connectivity index (χ0n) is 14.4. The quantitative estimate of drug-likeness (QED) is 0.771. The number of halogens is 1. The van der Waals surface area contributed by atoms with Crippen LogP contribution in [0.4, 0.5) is 9.18 Å². The van der Waals surface area contributed by atoms with E-state index in [1.807, 2.05) is 6.07 Å². The Morgan fingerprint density at radius 1 is 1.00 bits per heavy atom. The van der Waals surface area contributed by atoms with Crippen molar-refractivity contribution in [1.29, 1.82) is 0 Å². The molecule has 0 unspecified atom stereocenters. The lowest BCUT2D eigenvalue weighted by Gasteiger charge is -2.14. The molecule has 3 rings (SSSR count). The van der Waals surface area contributed by atoms with Gasteiger partial charge < -0.3 is 9.47 Å². The summed E-state index contributed by atoms with van der Waals surface area (Å²) in [6.07, 6.45) is 0.412. The van der Waals surface area contributed by atoms with E-state index in [1.54, 1.807) is 38.5 Å². The fourth-order valence-electron chi connectivity index (χ4n) is 2.77. The van der Waals surface area contributed by atoms with Crippen molar-refractivity contribution in [2.24, 2.45) is 0 Å². The summed E-state index contributed by atoms with van der Waals surface area (Å²) in [7, 11) is 3.10. The van der Waals surface area contributed by atoms with Crippen LogP contribution in [0.25, 0.3) is 0 Å². The zero-order chi connectivity index (χ0) is 18.7. The van der Waals surface area contributed by atoms with Crippen molar-refractivity contribution in [3.63, 3.8) is 0 Å². The first-order chi connectivity index (χ1) is 12.5. The molecule has 0 aromatic heterocycles. The van der Waals surface area contributed by atoms with Crippen LogP contribution in [0.1, 0.15) is 11.1 Å². The first kappa shape index (κ1) is 18.3. The molecule has 1 aliphatic rings. The van der Waals surface area contributed by atoms with Crippen molar-refractivity contribution in [2.45, 2.75) is 18.2 Å². The molecule has 0 bridgehead atoms. The van der Waals surface area contributed by atoms with Gasteiger partial charge >= 0.3 is 0 Å². The smallest absolute Gasteiger partial charge is 0.289 e. The number of thioether (sulfide) groups is 1. The largest absolute Gasteiger partial charge is 0.493 e. The average molecular weight is 375 g/mol. The molecule has 136 valence electrons. The maximum atomic E-state index is 13.0. The maximum Gasteiger partial charge on any atom is 0.289 e. The van der Waals surface area contributed by atoms with E-state index in [1.165, 1.54) is 17.0 Å². The molecule has 5 nitrogen and oxygen atoms in total. The lowest BCUT2D eigenvalue weighted by atomic mass is 10.1. The molecule has 0 saturated carbocycles. The van der Waals surface area contributed by atoms with Gasteiger partial charge in [0, 0.05) is 0 Å². The Hall–Kier alpha value is -2.54. The number of hydrogen-bond acceptors (Lipinski definition) is 5. The first-order valence-electron chi connectivity index (χ1n) is 7.99. The van der Waals surface area contributed by atoms with Crippen LogP contribution in [-0.2, 0) is 17.8 Å². The predicted molar refractivity (Wildman–Crippen MR) is 97.0 cm³/mol. The van der Waals surface area contributed by atoms with Gasteiger partial charge in [0.05, 0.1) is 26.0 Å². The van der Waals surface area contributed by atoms with Gasteiger partial charge in [-0.15, -0.1) is 0 Å². The lowest BCUT2D eigenvalue weighted by molar-refractivity contribution is -0.127. The van der Waals surface area contributed by atoms with Gasteiger partial charge in [0.25, 0.3) is 5.24 Å². The monoisotopic (exact) mass is 375 g/mol. The lowest BCUT2D eigenvalue weighted by Crippen LogP contribution is -2.31. The Morgan fingerprint density at radius 2 is 1.65 bits per heavy atom. The molecular formula is C19H18FNO4S. The van der Waals surface area contributed by atoms with Gasteiger partial charge in [-0.1, -0.05) is 30.0 Å². The first-order valence-corrected chi connectivity index (χ1v) is 8.87. The summed E-state index contributed by atoms with van der Waals surface area (Å²) in [5, 5.41) is -0.772. The van der Waals surface area contributed by atoms with Crippen molar-refractivity contribution in [2.75, 3.05) is 14.2 Å². The SMILES string of the molecule is COc1ccc(C[C@@H]2SC(=O)N(Cc3ccc(F)cc3)C2=O)cc1OC. The van der Waals surface area contributed by atoms with E-state index >= 15 is 0 Å². The van der Waals surface area contributed by atoms with E-state index in [-0.39, 0.29) is 23.5 Å². The van der Waals surface area contributed by atoms with Gasteiger partial charge in [-0.25, -0.2) is 4.39 Å². The molecular weight excluding hydrogens is 357 g/mol. The Bertz CT molecular complexity index is 825. The summed E-state index contributed by atoms with van der Waals surface area (Å²) < 4.78 is 23.5. The molecule has 0 aliphatic carbocycles. The van der Waals surface area contributed by atoms with Crippen molar-refractivity contribution in [1.82, 2.24) is 4.90 Å². The molecule has 2 aromatic carbocycles. The molecule has 0 N–H and O–H groups in total. The summed E-state index contributed by atoms with van der Waals surface area (Å²) in [6.45, 7) is 0.146. The van der Waals surface area contributed by atoms with Crippen LogP contribution in [0.15, 0.2) is 42.5 Å². The van der Waals surface area contributed by atoms with E-state index in [4.69, 9.17) is 9.47 Å². The second-order valence-corrected chi connectivity index (χ2v) is 6.97. The second kappa shape index (κ2) is 7.78. The third-order valence-electron chi connectivity index (χ3n) is 4.13. The summed E-state index contributed by atoms with van der Waals surface area (Å²) in [4.78, 5) is 26.1. The number of ether oxygens (including phenoxy) is 2. The molecule has 2 amide bonds. The minimum atomic E-state index is -0.485. The predicted octanol–water partition coefficient (Wildman–Crippen LogP) is 3.65. The van der Waals surface area contributed by atoms with Gasteiger partial charge in [-0.2, -0.15) is 0 Å². The highest BCUT2D eigenvalue weighted by atomic mass is 32.2. The number of benzene rings is 2. The highest BCUT2D eigenvalue weighted by Gasteiger charge is 2.39. The maximum absolute atomic E-state index is 13.0. The standard InChI is InChI=1S/C19H18FNO4S/c1-24-15-8-5-13(9-16(15)25-2)10-17-18(22)21(19(23)26-17)11-12-3-6-14(20)7-4-12/h3-9,17H,10-11H2,1-2H3/t17-/m0/s1. The minimum Gasteiger partial charge on any atom is -0.493 e. The van der Waals surface area contributed by atoms with E-state index in [2.05, 4.69) is 0 Å². The number of hydrogen-bond donors (Lipinski definition) is 0. The van der Waals surface area contributed by atoms with Gasteiger partial charge in [-0.3, -0.25) is 14.5 Å². The second-order valence-electron chi connectivity index (χ2n) is 5.82. The number of nitrogens with zero attached hydrogens (tertiary/aromatic N) is 1. The summed E-state index contributed by atoms with van der Waals surface area (Å²) >= 11 is 1.01. The molecule has 1 fully saturated rings. The van der Waals surface area contributed by atoms with Crippen LogP contribution in [0.3, 0.4) is 0 Å². The van der Waals surface area contributed by atoms with E-state index < -0.39 is 5.25 Å². The number of carbonyl (C=O) groups is 2. The van der Waals surface area contributed by atoms with Crippen LogP contribution in [0.2, 0.25) is 0 Å². The molecule has 7 heteroatoms. The molecule has 1 heterocycles. The van der Waals surface area contributed by atoms with Gasteiger partial charge in [-0.05, 0) is 41.8 Å². The van der Waals surface area contributed by atoms with Crippen molar-refractivity contribution in [3.8, 4) is 11.5 Å². The number of amides is 2. The van der Waals surface area contributed by atoms with Crippen LogP contribution >= 0.6 is 11.8 Å². The summed E-state index contributed by atoms with van der Waals surface area (Å²) in [6, 6.07) is 11.2. The van der Waals surface area contributed by atoms with Gasteiger partial charge in [0.2, 0.25) is 5.91 Å². The van der Waals surface area contributed by atoms with Crippen LogP contribution < -0.4 is 9.47 Å². The topological polar surface area (TPSA) is 55.8 Å². The third-order valence-corrected chi connectivity index (χ3v) is 5.20. The van der Waals surface area contributed by atoms with Crippen molar-refractivity contribution >= 4 is 22.9 Å². The van der Waals surface area contributed by atoms with Crippen LogP contribution in [-0.4, -0.2) is 35.5 Å². The van der Waals surface area contributed by atoms with Crippen LogP contribution in [0.5, 0.6) is 11.5 Å². The van der Waals surface area contributed by atoms with E-state index in [0.717, 1.165) is 17.3 Å². The number of carbonyl (C=O) groups excluding carboxylic acids is 2. The number of rotatable bonds is 6. The summed E-state index contributed by atoms with van der Waals surface area (Å²) in [5.41, 5.74) is 1.59. The molecule has 1 aliphatic heterocycles. The highest BCUT2D eigenvalue weighted by molar-refractivity contribution is 8.15. The number of imide groups is 1. The molecule has 2 aromatic rings. The normalized spacial score (nSPS) is 16.9. The van der Waals surface area contributed by atoms with Crippen LogP contribution in [0, 0.1) is 5.82 Å². The Balaban J connectivity index is 1.71. The Kier molecular flexibility index (Phi) is 5.46. The van der Waals surface area contributed by atoms with Crippen molar-refractivity contribution < 1.29 is 23.5 Å². The third kappa shape index (κ3) is 3.83. The van der Waals surface area contributed by atoms with E-state index in [0.29, 0.717) is 23.5 Å². The zero-order valence-corrected chi connectivity index (χ0v) is 15.2. The molecule has 1 atom stereocenters. The van der Waals surface area contributed by atoms with Gasteiger partial charge in [0.15, 0.2) is 11.5 Å². The fraction of sp³-hybridized carbons (Fsp3) is 0.263. The molecule has 26 heavy (non-hydrogen) atoms. The molecule has 0 spiro atoms. The Labute approximate surface area is 155 Å². The van der Waals surface area contributed by atoms with Gasteiger partial charge in [0.1, 0.15) is 5.82 Å². The average Bonchev–Trinajstić information content (AvgIpc) is 2.90. The van der Waals surface area contributed by atoms with E-state index in [9.17, 15) is 14.0 Å². The minimum absolute atomic E-state index is 0.146. The fourth-order valence-corrected chi connectivity index (χ4v) is 3.79. The number of methoxy groups -OCH3 is 2. The van der Waals surface area contributed by atoms with Crippen molar-refractivity contribution in [3.05, 3.63) is 59.4 Å².